The molecule has 0 unspecified atom stereocenters. The third kappa shape index (κ3) is 3.76. The van der Waals surface area contributed by atoms with Crippen LogP contribution in [0.5, 0.6) is 0 Å². The SMILES string of the molecule is CC[NH+]1CC[NH+](CC(=O)Nc2nccs2)CC1. The molecule has 0 aromatic carbocycles. The molecule has 1 fully saturated rings. The molecule has 94 valence electrons. The summed E-state index contributed by atoms with van der Waals surface area (Å²) in [7, 11) is 0. The average molecular weight is 256 g/mol. The normalized spacial score (nSPS) is 24.5. The quantitative estimate of drug-likeness (QED) is 0.577. The van der Waals surface area contributed by atoms with Crippen LogP contribution in [0.4, 0.5) is 5.13 Å². The van der Waals surface area contributed by atoms with Crippen molar-refractivity contribution in [2.45, 2.75) is 6.92 Å². The van der Waals surface area contributed by atoms with Gasteiger partial charge in [0, 0.05) is 11.6 Å². The van der Waals surface area contributed by atoms with Crippen LogP contribution in [0.1, 0.15) is 6.92 Å². The second-order valence-corrected chi connectivity index (χ2v) is 5.31. The number of amides is 1. The van der Waals surface area contributed by atoms with E-state index in [9.17, 15) is 4.79 Å². The second kappa shape index (κ2) is 6.09. The molecule has 0 radical (unpaired) electrons. The summed E-state index contributed by atoms with van der Waals surface area (Å²) in [6, 6.07) is 0. The van der Waals surface area contributed by atoms with Crippen LogP contribution >= 0.6 is 11.3 Å². The van der Waals surface area contributed by atoms with Crippen LogP contribution in [-0.2, 0) is 4.79 Å². The van der Waals surface area contributed by atoms with Gasteiger partial charge in [-0.1, -0.05) is 0 Å². The summed E-state index contributed by atoms with van der Waals surface area (Å²) in [5, 5.41) is 5.40. The Labute approximate surface area is 105 Å². The van der Waals surface area contributed by atoms with E-state index in [1.165, 1.54) is 35.9 Å². The molecule has 1 aliphatic heterocycles. The number of hydrogen-bond donors (Lipinski definition) is 3. The van der Waals surface area contributed by atoms with E-state index in [2.05, 4.69) is 17.2 Å². The van der Waals surface area contributed by atoms with Gasteiger partial charge < -0.3 is 9.80 Å². The first-order chi connectivity index (χ1) is 8.28. The van der Waals surface area contributed by atoms with E-state index >= 15 is 0 Å². The molecule has 1 aromatic rings. The van der Waals surface area contributed by atoms with Crippen LogP contribution in [0.25, 0.3) is 0 Å². The lowest BCUT2D eigenvalue weighted by Crippen LogP contribution is -3.28. The van der Waals surface area contributed by atoms with Crippen molar-refractivity contribution in [1.82, 2.24) is 4.98 Å². The Hall–Kier alpha value is -0.980. The van der Waals surface area contributed by atoms with Gasteiger partial charge in [-0.25, -0.2) is 4.98 Å². The van der Waals surface area contributed by atoms with Crippen molar-refractivity contribution in [2.75, 3.05) is 44.6 Å². The van der Waals surface area contributed by atoms with Gasteiger partial charge in [-0.05, 0) is 6.92 Å². The predicted octanol–water partition coefficient (Wildman–Crippen LogP) is -2.12. The Morgan fingerprint density at radius 3 is 2.71 bits per heavy atom. The van der Waals surface area contributed by atoms with E-state index in [0.29, 0.717) is 11.7 Å². The van der Waals surface area contributed by atoms with Crippen LogP contribution in [0.15, 0.2) is 11.6 Å². The summed E-state index contributed by atoms with van der Waals surface area (Å²) in [6.07, 6.45) is 1.70. The van der Waals surface area contributed by atoms with Gasteiger partial charge in [-0.2, -0.15) is 0 Å². The summed E-state index contributed by atoms with van der Waals surface area (Å²) in [6.45, 7) is 8.51. The number of likely N-dealkylation sites (N-methyl/N-ethyl adjacent to an activating group) is 1. The highest BCUT2D eigenvalue weighted by Crippen LogP contribution is 2.09. The maximum absolute atomic E-state index is 11.8. The van der Waals surface area contributed by atoms with Gasteiger partial charge in [0.2, 0.25) is 0 Å². The Kier molecular flexibility index (Phi) is 4.47. The molecule has 0 atom stereocenters. The number of quaternary nitrogens is 2. The van der Waals surface area contributed by atoms with Crippen LogP contribution in [0, 0.1) is 0 Å². The number of aromatic nitrogens is 1. The summed E-state index contributed by atoms with van der Waals surface area (Å²) in [5.41, 5.74) is 0. The number of piperazine rings is 1. The van der Waals surface area contributed by atoms with Crippen molar-refractivity contribution in [3.05, 3.63) is 11.6 Å². The maximum Gasteiger partial charge on any atom is 0.281 e. The molecule has 3 N–H and O–H groups in total. The van der Waals surface area contributed by atoms with Crippen molar-refractivity contribution in [3.8, 4) is 0 Å². The molecule has 17 heavy (non-hydrogen) atoms. The lowest BCUT2D eigenvalue weighted by atomic mass is 10.3. The van der Waals surface area contributed by atoms with E-state index in [1.54, 1.807) is 11.1 Å². The molecule has 1 saturated heterocycles. The molecule has 1 amide bonds. The third-order valence-electron chi connectivity index (χ3n) is 3.25. The lowest BCUT2D eigenvalue weighted by Gasteiger charge is -2.28. The van der Waals surface area contributed by atoms with E-state index in [1.807, 2.05) is 5.38 Å². The number of anilines is 1. The van der Waals surface area contributed by atoms with Gasteiger partial charge in [0.05, 0.1) is 6.54 Å². The number of nitrogens with zero attached hydrogens (tertiary/aromatic N) is 1. The van der Waals surface area contributed by atoms with Crippen molar-refractivity contribution in [2.24, 2.45) is 0 Å². The third-order valence-corrected chi connectivity index (χ3v) is 3.94. The van der Waals surface area contributed by atoms with Crippen LogP contribution < -0.4 is 15.1 Å². The number of hydrogen-bond acceptors (Lipinski definition) is 3. The van der Waals surface area contributed by atoms with E-state index in [0.717, 1.165) is 13.1 Å². The van der Waals surface area contributed by atoms with E-state index in [4.69, 9.17) is 0 Å². The highest BCUT2D eigenvalue weighted by Gasteiger charge is 2.23. The molecule has 1 aromatic heterocycles. The fourth-order valence-electron chi connectivity index (χ4n) is 2.16. The first kappa shape index (κ1) is 12.5. The summed E-state index contributed by atoms with van der Waals surface area (Å²) in [5.74, 6) is 0.0786. The smallest absolute Gasteiger partial charge is 0.281 e. The fraction of sp³-hybridized carbons (Fsp3) is 0.636. The zero-order valence-corrected chi connectivity index (χ0v) is 11.0. The first-order valence-electron chi connectivity index (χ1n) is 6.14. The maximum atomic E-state index is 11.8. The van der Waals surface area contributed by atoms with E-state index < -0.39 is 0 Å². The van der Waals surface area contributed by atoms with Crippen LogP contribution in [0.3, 0.4) is 0 Å². The molecule has 0 aliphatic carbocycles. The molecule has 2 heterocycles. The Balaban J connectivity index is 1.72. The highest BCUT2D eigenvalue weighted by molar-refractivity contribution is 7.13. The molecule has 2 rings (SSSR count). The van der Waals surface area contributed by atoms with Crippen molar-refractivity contribution >= 4 is 22.4 Å². The average Bonchev–Trinajstić information content (AvgIpc) is 2.82. The number of thiazole rings is 1. The molecular formula is C11H20N4OS+2. The van der Waals surface area contributed by atoms with Crippen molar-refractivity contribution < 1.29 is 14.6 Å². The zero-order valence-electron chi connectivity index (χ0n) is 10.2. The van der Waals surface area contributed by atoms with Crippen molar-refractivity contribution in [3.63, 3.8) is 0 Å². The molecule has 0 spiro atoms. The topological polar surface area (TPSA) is 50.9 Å². The first-order valence-corrected chi connectivity index (χ1v) is 7.02. The predicted molar refractivity (Wildman–Crippen MR) is 67.5 cm³/mol. The number of rotatable bonds is 4. The van der Waals surface area contributed by atoms with E-state index in [-0.39, 0.29) is 5.91 Å². The molecule has 1 aliphatic rings. The van der Waals surface area contributed by atoms with Gasteiger partial charge in [0.1, 0.15) is 26.2 Å². The minimum atomic E-state index is 0.0786. The van der Waals surface area contributed by atoms with Crippen LogP contribution in [-0.4, -0.2) is 50.2 Å². The Morgan fingerprint density at radius 1 is 1.41 bits per heavy atom. The molecule has 0 saturated carbocycles. The molecule has 0 bridgehead atoms. The van der Waals surface area contributed by atoms with Gasteiger partial charge in [-0.3, -0.25) is 10.1 Å². The standard InChI is InChI=1S/C11H18N4OS/c1-2-14-4-6-15(7-5-14)9-10(16)13-11-12-3-8-17-11/h3,8H,2,4-7,9H2,1H3,(H,12,13,16)/p+2. The minimum absolute atomic E-state index is 0.0786. The second-order valence-electron chi connectivity index (χ2n) is 4.42. The highest BCUT2D eigenvalue weighted by atomic mass is 32.1. The Morgan fingerprint density at radius 2 is 2.12 bits per heavy atom. The summed E-state index contributed by atoms with van der Waals surface area (Å²) >= 11 is 1.46. The largest absolute Gasteiger partial charge is 0.326 e. The van der Waals surface area contributed by atoms with Gasteiger partial charge in [-0.15, -0.1) is 11.3 Å². The molecule has 6 heteroatoms. The fourth-order valence-corrected chi connectivity index (χ4v) is 2.71. The number of carbonyl (C=O) groups is 1. The zero-order chi connectivity index (χ0) is 12.1. The molecular weight excluding hydrogens is 236 g/mol. The van der Waals surface area contributed by atoms with Gasteiger partial charge >= 0.3 is 0 Å². The lowest BCUT2D eigenvalue weighted by molar-refractivity contribution is -1.01. The van der Waals surface area contributed by atoms with Gasteiger partial charge in [0.15, 0.2) is 11.7 Å². The minimum Gasteiger partial charge on any atom is -0.326 e. The summed E-state index contributed by atoms with van der Waals surface area (Å²) < 4.78 is 0. The number of carbonyl (C=O) groups excluding carboxylic acids is 1. The number of nitrogens with one attached hydrogen (secondary N) is 3. The van der Waals surface area contributed by atoms with Gasteiger partial charge in [0.25, 0.3) is 5.91 Å². The van der Waals surface area contributed by atoms with Crippen LogP contribution in [0.2, 0.25) is 0 Å². The monoisotopic (exact) mass is 256 g/mol. The molecule has 5 nitrogen and oxygen atoms in total. The summed E-state index contributed by atoms with van der Waals surface area (Å²) in [4.78, 5) is 18.8. The Bertz CT molecular complexity index is 346. The van der Waals surface area contributed by atoms with Crippen molar-refractivity contribution in [1.29, 1.82) is 0 Å².